The molecule has 0 saturated carbocycles. The van der Waals surface area contributed by atoms with Gasteiger partial charge in [-0.15, -0.1) is 0 Å². The second-order valence-electron chi connectivity index (χ2n) is 8.55. The van der Waals surface area contributed by atoms with Crippen molar-refractivity contribution < 1.29 is 24.1 Å². The highest BCUT2D eigenvalue weighted by Gasteiger charge is 2.59. The van der Waals surface area contributed by atoms with Crippen LogP contribution in [0.4, 0.5) is 0 Å². The first-order valence-corrected chi connectivity index (χ1v) is 10.5. The van der Waals surface area contributed by atoms with Crippen LogP contribution in [0.1, 0.15) is 37.1 Å². The summed E-state index contributed by atoms with van der Waals surface area (Å²) in [6.45, 7) is 3.94. The summed E-state index contributed by atoms with van der Waals surface area (Å²) in [4.78, 5) is 15.5. The molecule has 160 valence electrons. The molecule has 1 aromatic heterocycles. The Morgan fingerprint density at radius 2 is 1.97 bits per heavy atom. The molecule has 0 saturated heterocycles. The molecule has 3 atom stereocenters. The number of aromatic nitrogens is 1. The van der Waals surface area contributed by atoms with Gasteiger partial charge in [0.05, 0.1) is 32.9 Å². The van der Waals surface area contributed by atoms with Gasteiger partial charge < -0.3 is 23.9 Å². The monoisotopic (exact) mass is 412 g/mol. The van der Waals surface area contributed by atoms with Crippen LogP contribution in [0.15, 0.2) is 24.3 Å². The van der Waals surface area contributed by atoms with Crippen LogP contribution in [0, 0.1) is 5.41 Å². The minimum absolute atomic E-state index is 0.102. The van der Waals surface area contributed by atoms with E-state index in [9.17, 15) is 9.90 Å². The third-order valence-corrected chi connectivity index (χ3v) is 7.34. The fourth-order valence-corrected chi connectivity index (χ4v) is 6.01. The normalized spacial score (nSPS) is 29.6. The van der Waals surface area contributed by atoms with Crippen LogP contribution in [0.3, 0.4) is 0 Å². The lowest BCUT2D eigenvalue weighted by Gasteiger charge is -2.55. The van der Waals surface area contributed by atoms with Gasteiger partial charge in [0.25, 0.3) is 0 Å². The summed E-state index contributed by atoms with van der Waals surface area (Å²) in [5.74, 6) is 0.564. The summed E-state index contributed by atoms with van der Waals surface area (Å²) < 4.78 is 18.0. The summed E-state index contributed by atoms with van der Waals surface area (Å²) >= 11 is 0. The second-order valence-corrected chi connectivity index (χ2v) is 8.55. The number of rotatable bonds is 4. The zero-order valence-corrected chi connectivity index (χ0v) is 17.9. The maximum Gasteiger partial charge on any atom is 0.359 e. The molecule has 2 aromatic rings. The van der Waals surface area contributed by atoms with E-state index < -0.39 is 11.7 Å². The third-order valence-electron chi connectivity index (χ3n) is 7.34. The van der Waals surface area contributed by atoms with Crippen molar-refractivity contribution in [2.45, 2.75) is 38.0 Å². The van der Waals surface area contributed by atoms with Crippen LogP contribution in [-0.2, 0) is 21.7 Å². The summed E-state index contributed by atoms with van der Waals surface area (Å²) in [6.07, 6.45) is 6.31. The summed E-state index contributed by atoms with van der Waals surface area (Å²) in [7, 11) is 4.53. The molecule has 7 nitrogen and oxygen atoms in total. The van der Waals surface area contributed by atoms with Crippen molar-refractivity contribution in [3.63, 3.8) is 0 Å². The molecule has 7 heteroatoms. The van der Waals surface area contributed by atoms with Crippen molar-refractivity contribution in [3.8, 4) is 11.5 Å². The number of esters is 1. The van der Waals surface area contributed by atoms with Gasteiger partial charge in [0, 0.05) is 42.1 Å². The van der Waals surface area contributed by atoms with E-state index in [4.69, 9.17) is 14.2 Å². The summed E-state index contributed by atoms with van der Waals surface area (Å²) in [5, 5.41) is 12.9. The number of carbonyl (C=O) groups is 1. The number of hydrogen-bond acceptors (Lipinski definition) is 6. The smallest absolute Gasteiger partial charge is 0.359 e. The van der Waals surface area contributed by atoms with Crippen molar-refractivity contribution in [2.75, 3.05) is 34.4 Å². The highest BCUT2D eigenvalue weighted by atomic mass is 16.5. The second kappa shape index (κ2) is 6.49. The number of hydrogen-bond donors (Lipinski definition) is 1. The fourth-order valence-electron chi connectivity index (χ4n) is 6.01. The van der Waals surface area contributed by atoms with Gasteiger partial charge in [-0.25, -0.2) is 4.79 Å². The highest BCUT2D eigenvalue weighted by molar-refractivity contribution is 5.92. The zero-order valence-electron chi connectivity index (χ0n) is 17.9. The van der Waals surface area contributed by atoms with E-state index in [1.54, 1.807) is 14.2 Å². The molecule has 0 bridgehead atoms. The lowest BCUT2D eigenvalue weighted by atomic mass is 9.64. The molecule has 0 radical (unpaired) electrons. The van der Waals surface area contributed by atoms with Crippen LogP contribution in [0.5, 0.6) is 11.5 Å². The molecule has 0 aliphatic carbocycles. The van der Waals surface area contributed by atoms with E-state index in [1.807, 2.05) is 16.7 Å². The predicted octanol–water partition coefficient (Wildman–Crippen LogP) is 2.75. The first kappa shape index (κ1) is 19.5. The van der Waals surface area contributed by atoms with Crippen molar-refractivity contribution in [2.24, 2.45) is 5.41 Å². The number of benzene rings is 1. The van der Waals surface area contributed by atoms with E-state index >= 15 is 0 Å². The molecule has 0 spiro atoms. The van der Waals surface area contributed by atoms with Crippen LogP contribution in [0.2, 0.25) is 0 Å². The molecule has 3 aliphatic rings. The number of carbonyl (C=O) groups excluding carboxylic acids is 1. The first-order valence-electron chi connectivity index (χ1n) is 10.5. The van der Waals surface area contributed by atoms with Crippen molar-refractivity contribution in [1.82, 2.24) is 9.47 Å². The van der Waals surface area contributed by atoms with Gasteiger partial charge in [0.2, 0.25) is 5.72 Å². The van der Waals surface area contributed by atoms with Crippen molar-refractivity contribution in [1.29, 1.82) is 0 Å². The number of ether oxygens (including phenoxy) is 3. The Morgan fingerprint density at radius 1 is 1.23 bits per heavy atom. The lowest BCUT2D eigenvalue weighted by Crippen LogP contribution is -2.58. The van der Waals surface area contributed by atoms with Gasteiger partial charge in [-0.2, -0.15) is 0 Å². The maximum atomic E-state index is 13.0. The predicted molar refractivity (Wildman–Crippen MR) is 112 cm³/mol. The van der Waals surface area contributed by atoms with E-state index in [0.717, 1.165) is 42.5 Å². The Hall–Kier alpha value is -2.51. The van der Waals surface area contributed by atoms with Crippen LogP contribution in [0.25, 0.3) is 10.9 Å². The quantitative estimate of drug-likeness (QED) is 0.615. The van der Waals surface area contributed by atoms with Gasteiger partial charge in [-0.05, 0) is 24.5 Å². The van der Waals surface area contributed by atoms with Gasteiger partial charge in [0.1, 0.15) is 0 Å². The lowest BCUT2D eigenvalue weighted by molar-refractivity contribution is -0.187. The summed E-state index contributed by atoms with van der Waals surface area (Å²) in [5.41, 5.74) is 0.817. The largest absolute Gasteiger partial charge is 0.493 e. The van der Waals surface area contributed by atoms with E-state index in [0.29, 0.717) is 11.5 Å². The molecule has 0 amide bonds. The molecule has 1 N–H and O–H groups in total. The third kappa shape index (κ3) is 2.25. The Labute approximate surface area is 175 Å². The highest BCUT2D eigenvalue weighted by Crippen LogP contribution is 2.59. The molecule has 0 fully saturated rings. The number of fused-ring (bicyclic) bond motifs is 3. The standard InChI is InChI=1S/C23H28N2O5/c1-5-22-8-6-9-24-10-7-14-15-11-17(28-2)18(29-3)12-16(15)25(19(14)20(22)24)23(27,13-22)21(26)30-4/h6,8,11-12,20,27H,5,7,9-10,13H2,1-4H3/t20-,22+,23-/m1/s1. The average molecular weight is 412 g/mol. The van der Waals surface area contributed by atoms with E-state index in [2.05, 4.69) is 24.0 Å². The van der Waals surface area contributed by atoms with Gasteiger partial charge in [0.15, 0.2) is 11.5 Å². The van der Waals surface area contributed by atoms with Crippen molar-refractivity contribution >= 4 is 16.9 Å². The van der Waals surface area contributed by atoms with Crippen LogP contribution in [-0.4, -0.2) is 55.0 Å². The average Bonchev–Trinajstić information content (AvgIpc) is 3.11. The van der Waals surface area contributed by atoms with Crippen LogP contribution < -0.4 is 9.47 Å². The number of methoxy groups -OCH3 is 3. The Bertz CT molecular complexity index is 1070. The van der Waals surface area contributed by atoms with E-state index in [1.165, 1.54) is 12.7 Å². The molecule has 0 unspecified atom stereocenters. The summed E-state index contributed by atoms with van der Waals surface area (Å²) in [6, 6.07) is 3.93. The molecular weight excluding hydrogens is 384 g/mol. The molecule has 3 aliphatic heterocycles. The SMILES string of the molecule is CC[C@]12C=CCN3CCc4c(n(c5cc(OC)c(OC)cc45)[C@](O)(C(=O)OC)C1)[C@@H]32. The first-order chi connectivity index (χ1) is 14.4. The Balaban J connectivity index is 1.92. The van der Waals surface area contributed by atoms with E-state index in [-0.39, 0.29) is 17.9 Å². The van der Waals surface area contributed by atoms with Gasteiger partial charge in [-0.1, -0.05) is 19.1 Å². The Morgan fingerprint density at radius 3 is 2.63 bits per heavy atom. The number of aliphatic hydroxyl groups is 1. The molecule has 4 heterocycles. The van der Waals surface area contributed by atoms with Crippen LogP contribution >= 0.6 is 0 Å². The minimum atomic E-state index is -1.79. The Kier molecular flexibility index (Phi) is 4.21. The maximum absolute atomic E-state index is 13.0. The topological polar surface area (TPSA) is 73.2 Å². The number of nitrogens with zero attached hydrogens (tertiary/aromatic N) is 2. The molecular formula is C23H28N2O5. The molecule has 1 aromatic carbocycles. The zero-order chi connectivity index (χ0) is 21.3. The fraction of sp³-hybridized carbons (Fsp3) is 0.522. The van der Waals surface area contributed by atoms with Gasteiger partial charge in [-0.3, -0.25) is 4.90 Å². The minimum Gasteiger partial charge on any atom is -0.493 e. The molecule has 30 heavy (non-hydrogen) atoms. The molecule has 5 rings (SSSR count). The van der Waals surface area contributed by atoms with Crippen molar-refractivity contribution in [3.05, 3.63) is 35.5 Å². The van der Waals surface area contributed by atoms with Gasteiger partial charge >= 0.3 is 5.97 Å².